The van der Waals surface area contributed by atoms with Crippen molar-refractivity contribution in [3.05, 3.63) is 47.5 Å². The van der Waals surface area contributed by atoms with Crippen molar-refractivity contribution in [3.8, 4) is 11.5 Å². The van der Waals surface area contributed by atoms with Gasteiger partial charge in [0, 0.05) is 12.6 Å². The molecule has 0 spiro atoms. The van der Waals surface area contributed by atoms with Gasteiger partial charge in [-0.2, -0.15) is 0 Å². The van der Waals surface area contributed by atoms with Crippen LogP contribution < -0.4 is 13.8 Å². The Hall–Kier alpha value is -2.21. The molecule has 0 N–H and O–H groups in total. The van der Waals surface area contributed by atoms with Crippen molar-refractivity contribution in [3.63, 3.8) is 0 Å². The normalized spacial score (nSPS) is 14.2. The Balaban J connectivity index is 2.09. The lowest BCUT2D eigenvalue weighted by Gasteiger charge is -2.31. The van der Waals surface area contributed by atoms with E-state index in [1.165, 1.54) is 4.31 Å². The summed E-state index contributed by atoms with van der Waals surface area (Å²) in [5.41, 5.74) is 2.40. The van der Waals surface area contributed by atoms with Crippen LogP contribution in [0.4, 0.5) is 5.69 Å². The zero-order valence-electron chi connectivity index (χ0n) is 14.1. The first-order valence-corrected chi connectivity index (χ1v) is 9.25. The minimum absolute atomic E-state index is 0.305. The average Bonchev–Trinajstić information content (AvgIpc) is 2.60. The van der Waals surface area contributed by atoms with Gasteiger partial charge in [-0.05, 0) is 55.2 Å². The molecule has 5 nitrogen and oxygen atoms in total. The van der Waals surface area contributed by atoms with Gasteiger partial charge < -0.3 is 9.47 Å². The van der Waals surface area contributed by atoms with Crippen LogP contribution in [-0.4, -0.2) is 29.2 Å². The van der Waals surface area contributed by atoms with Crippen LogP contribution in [0, 0.1) is 6.92 Å². The number of sulfonamides is 1. The topological polar surface area (TPSA) is 55.8 Å². The van der Waals surface area contributed by atoms with Gasteiger partial charge in [0.2, 0.25) is 0 Å². The van der Waals surface area contributed by atoms with E-state index in [1.807, 2.05) is 12.1 Å². The van der Waals surface area contributed by atoms with E-state index >= 15 is 0 Å². The number of anilines is 1. The molecule has 128 valence electrons. The molecule has 3 rings (SSSR count). The Morgan fingerprint density at radius 1 is 1.00 bits per heavy atom. The van der Waals surface area contributed by atoms with Gasteiger partial charge in [-0.15, -0.1) is 0 Å². The number of hydrogen-bond donors (Lipinski definition) is 0. The molecule has 1 heterocycles. The van der Waals surface area contributed by atoms with Crippen LogP contribution in [0.25, 0.3) is 0 Å². The van der Waals surface area contributed by atoms with E-state index in [1.54, 1.807) is 45.4 Å². The summed E-state index contributed by atoms with van der Waals surface area (Å²) in [7, 11) is -0.488. The van der Waals surface area contributed by atoms with Crippen molar-refractivity contribution in [1.82, 2.24) is 0 Å². The number of fused-ring (bicyclic) bond motifs is 1. The molecule has 0 unspecified atom stereocenters. The first-order valence-electron chi connectivity index (χ1n) is 7.81. The minimum atomic E-state index is -3.63. The molecule has 24 heavy (non-hydrogen) atoms. The number of aryl methyl sites for hydroxylation is 2. The molecule has 0 atom stereocenters. The standard InChI is InChI=1S/C18H21NO4S/c1-13-11-15(22-2)8-9-18(13)24(20,21)19-10-4-5-14-6-7-16(23-3)12-17(14)19/h6-9,11-12H,4-5,10H2,1-3H3. The van der Waals surface area contributed by atoms with E-state index in [4.69, 9.17) is 9.47 Å². The second-order valence-corrected chi connectivity index (χ2v) is 7.64. The lowest BCUT2D eigenvalue weighted by molar-refractivity contribution is 0.414. The Labute approximate surface area is 142 Å². The number of hydrogen-bond acceptors (Lipinski definition) is 4. The number of rotatable bonds is 4. The van der Waals surface area contributed by atoms with Gasteiger partial charge in [0.25, 0.3) is 10.0 Å². The van der Waals surface area contributed by atoms with Crippen LogP contribution in [0.2, 0.25) is 0 Å². The second kappa shape index (κ2) is 6.36. The molecule has 0 saturated carbocycles. The molecule has 2 aromatic carbocycles. The summed E-state index contributed by atoms with van der Waals surface area (Å²) in [6.07, 6.45) is 1.67. The molecular formula is C18H21NO4S. The van der Waals surface area contributed by atoms with Gasteiger partial charge in [-0.25, -0.2) is 8.42 Å². The Morgan fingerprint density at radius 3 is 2.33 bits per heavy atom. The van der Waals surface area contributed by atoms with Crippen LogP contribution in [-0.2, 0) is 16.4 Å². The highest BCUT2D eigenvalue weighted by atomic mass is 32.2. The van der Waals surface area contributed by atoms with Crippen LogP contribution in [0.15, 0.2) is 41.3 Å². The largest absolute Gasteiger partial charge is 0.497 e. The van der Waals surface area contributed by atoms with E-state index in [2.05, 4.69) is 0 Å². The van der Waals surface area contributed by atoms with Crippen LogP contribution in [0.3, 0.4) is 0 Å². The van der Waals surface area contributed by atoms with Gasteiger partial charge >= 0.3 is 0 Å². The molecule has 0 radical (unpaired) electrons. The smallest absolute Gasteiger partial charge is 0.264 e. The summed E-state index contributed by atoms with van der Waals surface area (Å²) in [4.78, 5) is 0.305. The van der Waals surface area contributed by atoms with Crippen molar-refractivity contribution >= 4 is 15.7 Å². The molecule has 0 fully saturated rings. The molecule has 0 saturated heterocycles. The first-order chi connectivity index (χ1) is 11.5. The molecule has 6 heteroatoms. The zero-order valence-corrected chi connectivity index (χ0v) is 14.9. The predicted octanol–water partition coefficient (Wildman–Crippen LogP) is 3.15. The fourth-order valence-corrected chi connectivity index (χ4v) is 4.80. The van der Waals surface area contributed by atoms with E-state index < -0.39 is 10.0 Å². The predicted molar refractivity (Wildman–Crippen MR) is 93.6 cm³/mol. The third-order valence-electron chi connectivity index (χ3n) is 4.32. The highest BCUT2D eigenvalue weighted by molar-refractivity contribution is 7.92. The van der Waals surface area contributed by atoms with E-state index in [9.17, 15) is 8.42 Å². The number of benzene rings is 2. The average molecular weight is 347 g/mol. The molecule has 1 aliphatic heterocycles. The molecule has 2 aromatic rings. The molecule has 0 bridgehead atoms. The maximum absolute atomic E-state index is 13.2. The summed E-state index contributed by atoms with van der Waals surface area (Å²) in [5.74, 6) is 1.30. The third-order valence-corrected chi connectivity index (χ3v) is 6.29. The molecule has 0 aromatic heterocycles. The zero-order chi connectivity index (χ0) is 17.3. The Bertz CT molecular complexity index is 861. The van der Waals surface area contributed by atoms with E-state index in [-0.39, 0.29) is 0 Å². The first kappa shape index (κ1) is 16.6. The summed E-state index contributed by atoms with van der Waals surface area (Å²) in [6.45, 7) is 2.25. The molecule has 0 amide bonds. The fraction of sp³-hybridized carbons (Fsp3) is 0.333. The number of methoxy groups -OCH3 is 2. The van der Waals surface area contributed by atoms with Crippen molar-refractivity contribution < 1.29 is 17.9 Å². The monoisotopic (exact) mass is 347 g/mol. The SMILES string of the molecule is COc1ccc(S(=O)(=O)N2CCCc3ccc(OC)cc32)c(C)c1. The quantitative estimate of drug-likeness (QED) is 0.852. The van der Waals surface area contributed by atoms with Crippen molar-refractivity contribution in [2.45, 2.75) is 24.7 Å². The van der Waals surface area contributed by atoms with E-state index in [0.717, 1.165) is 18.4 Å². The Morgan fingerprint density at radius 2 is 1.67 bits per heavy atom. The van der Waals surface area contributed by atoms with Gasteiger partial charge in [-0.3, -0.25) is 4.31 Å². The minimum Gasteiger partial charge on any atom is -0.497 e. The maximum atomic E-state index is 13.2. The second-order valence-electron chi connectivity index (χ2n) is 5.81. The van der Waals surface area contributed by atoms with Gasteiger partial charge in [-0.1, -0.05) is 6.07 Å². The summed E-state index contributed by atoms with van der Waals surface area (Å²) in [6, 6.07) is 10.6. The molecular weight excluding hydrogens is 326 g/mol. The molecule has 1 aliphatic rings. The third kappa shape index (κ3) is 2.82. The lowest BCUT2D eigenvalue weighted by atomic mass is 10.0. The lowest BCUT2D eigenvalue weighted by Crippen LogP contribution is -2.35. The van der Waals surface area contributed by atoms with Crippen molar-refractivity contribution in [2.24, 2.45) is 0 Å². The molecule has 0 aliphatic carbocycles. The van der Waals surface area contributed by atoms with Gasteiger partial charge in [0.15, 0.2) is 0 Å². The summed E-state index contributed by atoms with van der Waals surface area (Å²) < 4.78 is 38.4. The number of nitrogens with zero attached hydrogens (tertiary/aromatic N) is 1. The summed E-state index contributed by atoms with van der Waals surface area (Å²) in [5, 5.41) is 0. The maximum Gasteiger partial charge on any atom is 0.264 e. The van der Waals surface area contributed by atoms with Crippen molar-refractivity contribution in [1.29, 1.82) is 0 Å². The highest BCUT2D eigenvalue weighted by Gasteiger charge is 2.30. The van der Waals surface area contributed by atoms with Crippen LogP contribution in [0.5, 0.6) is 11.5 Å². The fourth-order valence-electron chi connectivity index (χ4n) is 3.05. The van der Waals surface area contributed by atoms with Crippen LogP contribution >= 0.6 is 0 Å². The highest BCUT2D eigenvalue weighted by Crippen LogP contribution is 2.35. The van der Waals surface area contributed by atoms with Crippen LogP contribution in [0.1, 0.15) is 17.5 Å². The van der Waals surface area contributed by atoms with Crippen molar-refractivity contribution in [2.75, 3.05) is 25.1 Å². The van der Waals surface area contributed by atoms with Gasteiger partial charge in [0.05, 0.1) is 24.8 Å². The number of ether oxygens (including phenoxy) is 2. The van der Waals surface area contributed by atoms with Gasteiger partial charge in [0.1, 0.15) is 11.5 Å². The van der Waals surface area contributed by atoms with E-state index in [0.29, 0.717) is 34.2 Å². The summed E-state index contributed by atoms with van der Waals surface area (Å²) >= 11 is 0. The Kier molecular flexibility index (Phi) is 4.41.